The summed E-state index contributed by atoms with van der Waals surface area (Å²) >= 11 is 12.2. The first kappa shape index (κ1) is 20.5. The van der Waals surface area contributed by atoms with Gasteiger partial charge < -0.3 is 14.5 Å². The Morgan fingerprint density at radius 3 is 2.76 bits per heavy atom. The minimum absolute atomic E-state index is 0.107. The van der Waals surface area contributed by atoms with Crippen LogP contribution in [0.1, 0.15) is 12.7 Å². The van der Waals surface area contributed by atoms with Crippen LogP contribution in [0.15, 0.2) is 64.6 Å². The lowest BCUT2D eigenvalue weighted by Gasteiger charge is -2.07. The van der Waals surface area contributed by atoms with Crippen molar-refractivity contribution in [1.82, 2.24) is 0 Å². The molecule has 2 aromatic carbocycles. The van der Waals surface area contributed by atoms with Gasteiger partial charge in [0.15, 0.2) is 0 Å². The van der Waals surface area contributed by atoms with E-state index in [-0.39, 0.29) is 5.57 Å². The number of rotatable bonds is 6. The number of nitriles is 1. The van der Waals surface area contributed by atoms with Crippen LogP contribution in [0.5, 0.6) is 5.75 Å². The van der Waals surface area contributed by atoms with E-state index in [0.717, 1.165) is 0 Å². The Morgan fingerprint density at radius 1 is 1.21 bits per heavy atom. The minimum atomic E-state index is -0.556. The maximum Gasteiger partial charge on any atom is 0.266 e. The van der Waals surface area contributed by atoms with Crippen LogP contribution in [0.25, 0.3) is 17.4 Å². The van der Waals surface area contributed by atoms with Crippen LogP contribution in [0.3, 0.4) is 0 Å². The Bertz CT molecular complexity index is 1110. The Labute approximate surface area is 178 Å². The highest BCUT2D eigenvalue weighted by Crippen LogP contribution is 2.34. The molecule has 0 spiro atoms. The molecule has 0 saturated heterocycles. The standard InChI is InChI=1S/C22H16Cl2N2O3/c1-2-28-16-6-3-5-15(12-16)26-22(27)14(13-25)11-17-9-10-20(29-17)18-7-4-8-19(23)21(18)24/h3-12H,2H2,1H3,(H,26,27)/b14-11-. The molecule has 146 valence electrons. The highest BCUT2D eigenvalue weighted by molar-refractivity contribution is 6.43. The van der Waals surface area contributed by atoms with Gasteiger partial charge in [-0.1, -0.05) is 35.3 Å². The lowest BCUT2D eigenvalue weighted by molar-refractivity contribution is -0.112. The molecule has 7 heteroatoms. The summed E-state index contributed by atoms with van der Waals surface area (Å²) in [6, 6.07) is 17.4. The highest BCUT2D eigenvalue weighted by atomic mass is 35.5. The van der Waals surface area contributed by atoms with E-state index < -0.39 is 5.91 Å². The van der Waals surface area contributed by atoms with Crippen LogP contribution in [0, 0.1) is 11.3 Å². The molecule has 0 saturated carbocycles. The molecular weight excluding hydrogens is 411 g/mol. The molecule has 29 heavy (non-hydrogen) atoms. The van der Waals surface area contributed by atoms with E-state index in [1.54, 1.807) is 54.6 Å². The number of hydrogen-bond donors (Lipinski definition) is 1. The second-order valence-electron chi connectivity index (χ2n) is 5.89. The summed E-state index contributed by atoms with van der Waals surface area (Å²) in [5, 5.41) is 12.8. The predicted octanol–water partition coefficient (Wildman–Crippen LogP) is 6.20. The van der Waals surface area contributed by atoms with Crippen molar-refractivity contribution in [2.24, 2.45) is 0 Å². The van der Waals surface area contributed by atoms with E-state index in [1.807, 2.05) is 13.0 Å². The normalized spacial score (nSPS) is 11.0. The van der Waals surface area contributed by atoms with Crippen molar-refractivity contribution < 1.29 is 13.9 Å². The summed E-state index contributed by atoms with van der Waals surface area (Å²) in [5.41, 5.74) is 1.03. The summed E-state index contributed by atoms with van der Waals surface area (Å²) in [6.07, 6.45) is 1.36. The smallest absolute Gasteiger partial charge is 0.266 e. The van der Waals surface area contributed by atoms with Gasteiger partial charge in [0.05, 0.1) is 16.7 Å². The molecule has 1 amide bonds. The van der Waals surface area contributed by atoms with Gasteiger partial charge in [-0.2, -0.15) is 5.26 Å². The number of halogens is 2. The van der Waals surface area contributed by atoms with Gasteiger partial charge in [0, 0.05) is 23.4 Å². The van der Waals surface area contributed by atoms with E-state index in [1.165, 1.54) is 6.08 Å². The highest BCUT2D eigenvalue weighted by Gasteiger charge is 2.14. The zero-order valence-electron chi connectivity index (χ0n) is 15.4. The second-order valence-corrected chi connectivity index (χ2v) is 6.67. The predicted molar refractivity (Wildman–Crippen MR) is 114 cm³/mol. The third kappa shape index (κ3) is 5.00. The number of furan rings is 1. The molecule has 3 aromatic rings. The molecule has 0 fully saturated rings. The topological polar surface area (TPSA) is 75.3 Å². The number of benzene rings is 2. The molecule has 1 heterocycles. The second kappa shape index (κ2) is 9.33. The molecule has 5 nitrogen and oxygen atoms in total. The van der Waals surface area contributed by atoms with Gasteiger partial charge in [0.25, 0.3) is 5.91 Å². The molecule has 0 radical (unpaired) electrons. The molecule has 1 N–H and O–H groups in total. The minimum Gasteiger partial charge on any atom is -0.494 e. The SMILES string of the molecule is CCOc1cccc(NC(=O)/C(C#N)=C\c2ccc(-c3cccc(Cl)c3Cl)o2)c1. The molecule has 0 bridgehead atoms. The molecule has 3 rings (SSSR count). The maximum absolute atomic E-state index is 12.5. The monoisotopic (exact) mass is 426 g/mol. The van der Waals surface area contributed by atoms with E-state index in [4.69, 9.17) is 32.4 Å². The lowest BCUT2D eigenvalue weighted by Crippen LogP contribution is -2.13. The van der Waals surface area contributed by atoms with Crippen molar-refractivity contribution in [3.63, 3.8) is 0 Å². The van der Waals surface area contributed by atoms with Gasteiger partial charge in [-0.3, -0.25) is 4.79 Å². The van der Waals surface area contributed by atoms with Gasteiger partial charge in [-0.25, -0.2) is 0 Å². The summed E-state index contributed by atoms with van der Waals surface area (Å²) < 4.78 is 11.1. The van der Waals surface area contributed by atoms with Crippen molar-refractivity contribution in [3.05, 3.63) is 76.0 Å². The summed E-state index contributed by atoms with van der Waals surface area (Å²) in [7, 11) is 0. The lowest BCUT2D eigenvalue weighted by atomic mass is 10.2. The number of ether oxygens (including phenoxy) is 1. The number of nitrogens with one attached hydrogen (secondary N) is 1. The zero-order valence-corrected chi connectivity index (χ0v) is 16.9. The first-order valence-electron chi connectivity index (χ1n) is 8.72. The van der Waals surface area contributed by atoms with Crippen LogP contribution in [0.4, 0.5) is 5.69 Å². The summed E-state index contributed by atoms with van der Waals surface area (Å²) in [5.74, 6) is 0.887. The van der Waals surface area contributed by atoms with E-state index in [0.29, 0.717) is 45.2 Å². The third-order valence-corrected chi connectivity index (χ3v) is 4.72. The third-order valence-electron chi connectivity index (χ3n) is 3.90. The fourth-order valence-electron chi connectivity index (χ4n) is 2.59. The molecule has 1 aromatic heterocycles. The van der Waals surface area contributed by atoms with Gasteiger partial charge in [0.2, 0.25) is 0 Å². The van der Waals surface area contributed by atoms with Crippen LogP contribution in [-0.4, -0.2) is 12.5 Å². The molecule has 0 aliphatic carbocycles. The van der Waals surface area contributed by atoms with Gasteiger partial charge in [-0.05, 0) is 43.3 Å². The molecule has 0 aliphatic heterocycles. The summed E-state index contributed by atoms with van der Waals surface area (Å²) in [4.78, 5) is 12.5. The number of carbonyl (C=O) groups excluding carboxylic acids is 1. The molecule has 0 unspecified atom stereocenters. The van der Waals surface area contributed by atoms with Crippen molar-refractivity contribution in [3.8, 4) is 23.1 Å². The van der Waals surface area contributed by atoms with E-state index in [2.05, 4.69) is 5.32 Å². The molecule has 0 atom stereocenters. The van der Waals surface area contributed by atoms with E-state index >= 15 is 0 Å². The van der Waals surface area contributed by atoms with Crippen LogP contribution in [-0.2, 0) is 4.79 Å². The molecular formula is C22H16Cl2N2O3. The number of hydrogen-bond acceptors (Lipinski definition) is 4. The Kier molecular flexibility index (Phi) is 6.61. The van der Waals surface area contributed by atoms with Crippen LogP contribution >= 0.6 is 23.2 Å². The van der Waals surface area contributed by atoms with Crippen molar-refractivity contribution in [2.75, 3.05) is 11.9 Å². The maximum atomic E-state index is 12.5. The number of carbonyl (C=O) groups is 1. The van der Waals surface area contributed by atoms with Crippen LogP contribution < -0.4 is 10.1 Å². The fourth-order valence-corrected chi connectivity index (χ4v) is 2.98. The van der Waals surface area contributed by atoms with Gasteiger partial charge in [0.1, 0.15) is 28.9 Å². The van der Waals surface area contributed by atoms with Gasteiger partial charge in [-0.15, -0.1) is 0 Å². The number of anilines is 1. The molecule has 0 aliphatic rings. The number of amides is 1. The van der Waals surface area contributed by atoms with Crippen molar-refractivity contribution in [1.29, 1.82) is 5.26 Å². The summed E-state index contributed by atoms with van der Waals surface area (Å²) in [6.45, 7) is 2.38. The zero-order chi connectivity index (χ0) is 20.8. The quantitative estimate of drug-likeness (QED) is 0.376. The van der Waals surface area contributed by atoms with Crippen molar-refractivity contribution >= 4 is 40.9 Å². The first-order valence-corrected chi connectivity index (χ1v) is 9.47. The Morgan fingerprint density at radius 2 is 2.00 bits per heavy atom. The number of nitrogens with zero attached hydrogens (tertiary/aromatic N) is 1. The average Bonchev–Trinajstić information content (AvgIpc) is 3.17. The fraction of sp³-hybridized carbons (Fsp3) is 0.0909. The van der Waals surface area contributed by atoms with Gasteiger partial charge >= 0.3 is 0 Å². The largest absolute Gasteiger partial charge is 0.494 e. The first-order chi connectivity index (χ1) is 14.0. The Balaban J connectivity index is 1.81. The van der Waals surface area contributed by atoms with E-state index in [9.17, 15) is 10.1 Å². The average molecular weight is 427 g/mol. The van der Waals surface area contributed by atoms with Crippen molar-refractivity contribution in [2.45, 2.75) is 6.92 Å². The van der Waals surface area contributed by atoms with Crippen LogP contribution in [0.2, 0.25) is 10.0 Å². The Hall–Kier alpha value is -3.20.